The Balaban J connectivity index is 2.30. The van der Waals surface area contributed by atoms with E-state index in [1.165, 1.54) is 7.05 Å². The van der Waals surface area contributed by atoms with Crippen LogP contribution in [0.2, 0.25) is 0 Å². The van der Waals surface area contributed by atoms with Crippen LogP contribution in [-0.4, -0.2) is 50.9 Å². The highest BCUT2D eigenvalue weighted by molar-refractivity contribution is 7.96. The van der Waals surface area contributed by atoms with Gasteiger partial charge in [-0.2, -0.15) is 0 Å². The lowest BCUT2D eigenvalue weighted by Crippen LogP contribution is -2.32. The third kappa shape index (κ3) is 4.24. The number of aromatic nitrogens is 3. The number of methoxy groups -OCH3 is 1. The molecule has 0 atom stereocenters. The van der Waals surface area contributed by atoms with Gasteiger partial charge in [0.15, 0.2) is 5.82 Å². The second-order valence-electron chi connectivity index (χ2n) is 5.12. The first kappa shape index (κ1) is 15.9. The van der Waals surface area contributed by atoms with Crippen molar-refractivity contribution in [1.82, 2.24) is 19.4 Å². The summed E-state index contributed by atoms with van der Waals surface area (Å²) in [6.07, 6.45) is 3.42. The van der Waals surface area contributed by atoms with Gasteiger partial charge in [-0.15, -0.1) is 4.47 Å². The maximum Gasteiger partial charge on any atom is 0.205 e. The zero-order valence-corrected chi connectivity index (χ0v) is 13.3. The van der Waals surface area contributed by atoms with Gasteiger partial charge < -0.3 is 15.3 Å². The Morgan fingerprint density at radius 2 is 2.19 bits per heavy atom. The number of nitrogens with zero attached hydrogens (tertiary/aromatic N) is 4. The van der Waals surface area contributed by atoms with Gasteiger partial charge in [-0.1, -0.05) is 0 Å². The SMILES string of the molecule is COC(C)(C)CNc1nccc2cnc(SN(C)O)nc12. The summed E-state index contributed by atoms with van der Waals surface area (Å²) in [5.41, 5.74) is 0.406. The van der Waals surface area contributed by atoms with Crippen molar-refractivity contribution in [3.8, 4) is 0 Å². The molecule has 0 aliphatic rings. The van der Waals surface area contributed by atoms with Crippen molar-refractivity contribution in [2.45, 2.75) is 24.6 Å². The highest BCUT2D eigenvalue weighted by Crippen LogP contribution is 2.23. The number of pyridine rings is 1. The van der Waals surface area contributed by atoms with Crippen LogP contribution < -0.4 is 5.32 Å². The number of hydroxylamine groups is 1. The summed E-state index contributed by atoms with van der Waals surface area (Å²) in [7, 11) is 3.19. The zero-order chi connectivity index (χ0) is 15.5. The summed E-state index contributed by atoms with van der Waals surface area (Å²) in [6.45, 7) is 4.58. The van der Waals surface area contributed by atoms with Crippen LogP contribution >= 0.6 is 11.9 Å². The van der Waals surface area contributed by atoms with Crippen LogP contribution in [-0.2, 0) is 4.74 Å². The average molecular weight is 309 g/mol. The molecule has 0 saturated heterocycles. The van der Waals surface area contributed by atoms with Crippen molar-refractivity contribution in [2.24, 2.45) is 0 Å². The summed E-state index contributed by atoms with van der Waals surface area (Å²) in [6, 6.07) is 1.85. The number of hydrogen-bond acceptors (Lipinski definition) is 8. The minimum absolute atomic E-state index is 0.306. The number of hydrogen-bond donors (Lipinski definition) is 2. The van der Waals surface area contributed by atoms with Gasteiger partial charge in [0.1, 0.15) is 5.52 Å². The fraction of sp³-hybridized carbons (Fsp3) is 0.462. The lowest BCUT2D eigenvalue weighted by molar-refractivity contribution is 0.0343. The molecule has 2 aromatic rings. The van der Waals surface area contributed by atoms with Crippen molar-refractivity contribution in [3.63, 3.8) is 0 Å². The molecule has 0 saturated carbocycles. The van der Waals surface area contributed by atoms with Crippen LogP contribution in [0.25, 0.3) is 10.9 Å². The first-order chi connectivity index (χ1) is 9.91. The zero-order valence-electron chi connectivity index (χ0n) is 12.5. The molecule has 8 heteroatoms. The van der Waals surface area contributed by atoms with E-state index in [4.69, 9.17) is 4.74 Å². The number of anilines is 1. The topological polar surface area (TPSA) is 83.4 Å². The van der Waals surface area contributed by atoms with Crippen LogP contribution in [0.4, 0.5) is 5.82 Å². The molecular formula is C13H19N5O2S. The van der Waals surface area contributed by atoms with Crippen LogP contribution in [0.3, 0.4) is 0 Å². The van der Waals surface area contributed by atoms with Gasteiger partial charge in [0.2, 0.25) is 5.16 Å². The lowest BCUT2D eigenvalue weighted by Gasteiger charge is -2.23. The van der Waals surface area contributed by atoms with Crippen molar-refractivity contribution < 1.29 is 9.94 Å². The second kappa shape index (κ2) is 6.52. The molecule has 0 spiro atoms. The Hall–Kier alpha value is -1.48. The monoisotopic (exact) mass is 309 g/mol. The number of fused-ring (bicyclic) bond motifs is 1. The van der Waals surface area contributed by atoms with Crippen molar-refractivity contribution in [2.75, 3.05) is 26.0 Å². The fourth-order valence-electron chi connectivity index (χ4n) is 1.60. The second-order valence-corrected chi connectivity index (χ2v) is 6.20. The Labute approximate surface area is 127 Å². The summed E-state index contributed by atoms with van der Waals surface area (Å²) in [4.78, 5) is 12.9. The quantitative estimate of drug-likeness (QED) is 0.477. The van der Waals surface area contributed by atoms with Crippen LogP contribution in [0, 0.1) is 0 Å². The molecule has 2 aromatic heterocycles. The highest BCUT2D eigenvalue weighted by atomic mass is 32.2. The van der Waals surface area contributed by atoms with Crippen LogP contribution in [0.1, 0.15) is 13.8 Å². The van der Waals surface area contributed by atoms with E-state index < -0.39 is 0 Å². The van der Waals surface area contributed by atoms with E-state index in [0.717, 1.165) is 21.8 Å². The molecule has 0 amide bonds. The van der Waals surface area contributed by atoms with E-state index in [2.05, 4.69) is 20.3 Å². The fourth-order valence-corrected chi connectivity index (χ4v) is 2.07. The molecule has 0 fully saturated rings. The summed E-state index contributed by atoms with van der Waals surface area (Å²) in [5, 5.41) is 13.8. The predicted octanol–water partition coefficient (Wildman–Crippen LogP) is 2.19. The van der Waals surface area contributed by atoms with E-state index in [1.54, 1.807) is 19.5 Å². The number of nitrogens with one attached hydrogen (secondary N) is 1. The predicted molar refractivity (Wildman–Crippen MR) is 82.3 cm³/mol. The van der Waals surface area contributed by atoms with Crippen molar-refractivity contribution >= 4 is 28.7 Å². The molecule has 2 rings (SSSR count). The van der Waals surface area contributed by atoms with Gasteiger partial charge in [-0.3, -0.25) is 0 Å². The maximum absolute atomic E-state index is 9.26. The molecule has 21 heavy (non-hydrogen) atoms. The van der Waals surface area contributed by atoms with Crippen molar-refractivity contribution in [3.05, 3.63) is 18.5 Å². The van der Waals surface area contributed by atoms with Gasteiger partial charge in [-0.25, -0.2) is 15.0 Å². The van der Waals surface area contributed by atoms with Gasteiger partial charge in [-0.05, 0) is 19.9 Å². The summed E-state index contributed by atoms with van der Waals surface area (Å²) >= 11 is 1.04. The number of ether oxygens (including phenoxy) is 1. The molecule has 7 nitrogen and oxygen atoms in total. The van der Waals surface area contributed by atoms with Gasteiger partial charge in [0.05, 0.1) is 5.60 Å². The molecule has 2 heterocycles. The van der Waals surface area contributed by atoms with E-state index in [0.29, 0.717) is 23.0 Å². The van der Waals surface area contributed by atoms with E-state index in [-0.39, 0.29) is 5.60 Å². The van der Waals surface area contributed by atoms with E-state index in [9.17, 15) is 5.21 Å². The first-order valence-corrected chi connectivity index (χ1v) is 7.20. The van der Waals surface area contributed by atoms with Crippen LogP contribution in [0.5, 0.6) is 0 Å². The molecular weight excluding hydrogens is 290 g/mol. The van der Waals surface area contributed by atoms with Gasteiger partial charge in [0.25, 0.3) is 0 Å². The van der Waals surface area contributed by atoms with Crippen LogP contribution in [0.15, 0.2) is 23.6 Å². The minimum atomic E-state index is -0.306. The highest BCUT2D eigenvalue weighted by Gasteiger charge is 2.17. The standard InChI is InChI=1S/C13H19N5O2S/c1-13(2,20-4)8-16-11-10-9(5-6-14-11)7-15-12(17-10)21-18(3)19/h5-7,19H,8H2,1-4H3,(H,14,16). The molecule has 2 N–H and O–H groups in total. The Morgan fingerprint density at radius 1 is 1.43 bits per heavy atom. The lowest BCUT2D eigenvalue weighted by atomic mass is 10.1. The average Bonchev–Trinajstić information content (AvgIpc) is 2.44. The van der Waals surface area contributed by atoms with E-state index >= 15 is 0 Å². The normalized spacial score (nSPS) is 12.1. The molecule has 0 radical (unpaired) electrons. The smallest absolute Gasteiger partial charge is 0.205 e. The molecule has 0 aliphatic carbocycles. The minimum Gasteiger partial charge on any atom is -0.377 e. The molecule has 0 aliphatic heterocycles. The molecule has 114 valence electrons. The number of rotatable bonds is 6. The molecule has 0 unspecified atom stereocenters. The first-order valence-electron chi connectivity index (χ1n) is 6.42. The van der Waals surface area contributed by atoms with Gasteiger partial charge in [0, 0.05) is 50.4 Å². The van der Waals surface area contributed by atoms with Crippen molar-refractivity contribution in [1.29, 1.82) is 0 Å². The summed E-state index contributed by atoms with van der Waals surface area (Å²) in [5.74, 6) is 0.669. The maximum atomic E-state index is 9.26. The van der Waals surface area contributed by atoms with Gasteiger partial charge >= 0.3 is 0 Å². The Kier molecular flexibility index (Phi) is 4.94. The Morgan fingerprint density at radius 3 is 2.86 bits per heavy atom. The largest absolute Gasteiger partial charge is 0.377 e. The Bertz CT molecular complexity index is 621. The third-order valence-corrected chi connectivity index (χ3v) is 3.55. The molecule has 0 bridgehead atoms. The summed E-state index contributed by atoms with van der Waals surface area (Å²) < 4.78 is 6.34. The van der Waals surface area contributed by atoms with E-state index in [1.807, 2.05) is 19.9 Å². The molecule has 0 aromatic carbocycles. The third-order valence-electron chi connectivity index (χ3n) is 2.92.